The first kappa shape index (κ1) is 14.5. The lowest BCUT2D eigenvalue weighted by Crippen LogP contribution is -2.39. The van der Waals surface area contributed by atoms with Gasteiger partial charge in [-0.15, -0.1) is 5.06 Å². The van der Waals surface area contributed by atoms with Crippen LogP contribution in [0.2, 0.25) is 0 Å². The van der Waals surface area contributed by atoms with E-state index in [4.69, 9.17) is 4.84 Å². The van der Waals surface area contributed by atoms with Crippen LogP contribution in [0.1, 0.15) is 39.7 Å². The van der Waals surface area contributed by atoms with Crippen molar-refractivity contribution in [2.24, 2.45) is 5.41 Å². The van der Waals surface area contributed by atoms with E-state index in [9.17, 15) is 4.79 Å². The van der Waals surface area contributed by atoms with Crippen LogP contribution in [0.25, 0.3) is 0 Å². The van der Waals surface area contributed by atoms with Crippen molar-refractivity contribution >= 4 is 21.9 Å². The third kappa shape index (κ3) is 3.57. The number of carbonyl (C=O) groups excluding carboxylic acids is 1. The molecule has 0 radical (unpaired) electrons. The van der Waals surface area contributed by atoms with Gasteiger partial charge in [0.1, 0.15) is 4.60 Å². The van der Waals surface area contributed by atoms with Crippen molar-refractivity contribution in [3.8, 4) is 0 Å². The summed E-state index contributed by atoms with van der Waals surface area (Å²) in [5, 5.41) is 6.07. The number of carbonyl (C=O) groups is 1. The van der Waals surface area contributed by atoms with Crippen molar-refractivity contribution < 1.29 is 9.63 Å². The maximum atomic E-state index is 11.8. The molecule has 1 aromatic heterocycles. The Labute approximate surface area is 122 Å². The van der Waals surface area contributed by atoms with Crippen molar-refractivity contribution in [1.29, 1.82) is 0 Å². The van der Waals surface area contributed by atoms with E-state index in [0.717, 1.165) is 30.5 Å². The van der Waals surface area contributed by atoms with Crippen LogP contribution in [0.15, 0.2) is 16.9 Å². The van der Waals surface area contributed by atoms with Gasteiger partial charge < -0.3 is 4.84 Å². The summed E-state index contributed by atoms with van der Waals surface area (Å²) in [5.74, 6) is -0.175. The maximum Gasteiger partial charge on any atom is 0.330 e. The van der Waals surface area contributed by atoms with Crippen LogP contribution >= 0.6 is 15.9 Å². The molecule has 1 fully saturated rings. The highest BCUT2D eigenvalue weighted by Gasteiger charge is 2.29. The second-order valence-corrected chi connectivity index (χ2v) is 6.70. The van der Waals surface area contributed by atoms with E-state index in [-0.39, 0.29) is 5.97 Å². The van der Waals surface area contributed by atoms with Gasteiger partial charge >= 0.3 is 5.97 Å². The fraction of sp³-hybridized carbons (Fsp3) is 0.692. The molecular weight excluding hydrogens is 310 g/mol. The Kier molecular flexibility index (Phi) is 4.30. The molecule has 19 heavy (non-hydrogen) atoms. The van der Waals surface area contributed by atoms with Gasteiger partial charge in [-0.1, -0.05) is 0 Å². The first-order valence-electron chi connectivity index (χ1n) is 6.54. The molecule has 1 aliphatic heterocycles. The van der Waals surface area contributed by atoms with E-state index in [2.05, 4.69) is 21.0 Å². The summed E-state index contributed by atoms with van der Waals surface area (Å²) in [7, 11) is 0. The van der Waals surface area contributed by atoms with E-state index >= 15 is 0 Å². The summed E-state index contributed by atoms with van der Waals surface area (Å²) in [4.78, 5) is 17.2. The molecule has 5 nitrogen and oxygen atoms in total. The Morgan fingerprint density at radius 2 is 2.05 bits per heavy atom. The third-order valence-corrected chi connectivity index (χ3v) is 3.84. The highest BCUT2D eigenvalue weighted by atomic mass is 79.9. The molecule has 0 saturated carbocycles. The standard InChI is InChI=1S/C13H20BrN3O2/c1-13(2,3)12(18)19-16-8-5-10(6-9-16)17-11(14)4-7-15-17/h4,7,10H,5-6,8-9H2,1-3H3. The quantitative estimate of drug-likeness (QED) is 0.837. The lowest BCUT2D eigenvalue weighted by molar-refractivity contribution is -0.205. The van der Waals surface area contributed by atoms with E-state index in [1.165, 1.54) is 0 Å². The van der Waals surface area contributed by atoms with Crippen LogP contribution < -0.4 is 0 Å². The summed E-state index contributed by atoms with van der Waals surface area (Å²) in [6.45, 7) is 7.09. The van der Waals surface area contributed by atoms with E-state index in [0.29, 0.717) is 6.04 Å². The third-order valence-electron chi connectivity index (χ3n) is 3.22. The molecule has 1 aromatic rings. The normalized spacial score (nSPS) is 18.5. The van der Waals surface area contributed by atoms with Crippen molar-refractivity contribution in [1.82, 2.24) is 14.8 Å². The number of hydrogen-bond donors (Lipinski definition) is 0. The fourth-order valence-electron chi connectivity index (χ4n) is 2.00. The highest BCUT2D eigenvalue weighted by Crippen LogP contribution is 2.26. The molecular formula is C13H20BrN3O2. The van der Waals surface area contributed by atoms with Gasteiger partial charge in [0.15, 0.2) is 0 Å². The first-order chi connectivity index (χ1) is 8.88. The number of rotatable bonds is 2. The Morgan fingerprint density at radius 3 is 2.53 bits per heavy atom. The van der Waals surface area contributed by atoms with Gasteiger partial charge in [-0.2, -0.15) is 5.10 Å². The van der Waals surface area contributed by atoms with E-state index < -0.39 is 5.41 Å². The van der Waals surface area contributed by atoms with E-state index in [1.807, 2.05) is 31.5 Å². The molecule has 0 aromatic carbocycles. The van der Waals surface area contributed by atoms with Crippen LogP contribution in [0.5, 0.6) is 0 Å². The average molecular weight is 330 g/mol. The molecule has 2 rings (SSSR count). The van der Waals surface area contributed by atoms with Gasteiger partial charge in [0.05, 0.1) is 17.7 Å². The number of hydroxylamine groups is 2. The van der Waals surface area contributed by atoms with Crippen LogP contribution in [0.3, 0.4) is 0 Å². The fourth-order valence-corrected chi connectivity index (χ4v) is 2.50. The largest absolute Gasteiger partial charge is 0.367 e. The van der Waals surface area contributed by atoms with Gasteiger partial charge in [0, 0.05) is 13.1 Å². The minimum absolute atomic E-state index is 0.175. The monoisotopic (exact) mass is 329 g/mol. The second-order valence-electron chi connectivity index (χ2n) is 5.89. The zero-order valence-corrected chi connectivity index (χ0v) is 13.2. The first-order valence-corrected chi connectivity index (χ1v) is 7.33. The Hall–Kier alpha value is -0.880. The molecule has 0 atom stereocenters. The topological polar surface area (TPSA) is 47.4 Å². The molecule has 0 bridgehead atoms. The van der Waals surface area contributed by atoms with Gasteiger partial charge in [-0.05, 0) is 55.6 Å². The molecule has 0 spiro atoms. The van der Waals surface area contributed by atoms with Crippen LogP contribution in [0.4, 0.5) is 0 Å². The van der Waals surface area contributed by atoms with E-state index in [1.54, 1.807) is 11.3 Å². The van der Waals surface area contributed by atoms with Crippen molar-refractivity contribution in [2.75, 3.05) is 13.1 Å². The molecule has 1 saturated heterocycles. The zero-order valence-electron chi connectivity index (χ0n) is 11.6. The summed E-state index contributed by atoms with van der Waals surface area (Å²) >= 11 is 3.48. The number of halogens is 1. The van der Waals surface area contributed by atoms with Gasteiger partial charge in [-0.3, -0.25) is 4.68 Å². The predicted octanol–water partition coefficient (Wildman–Crippen LogP) is 2.79. The molecule has 6 heteroatoms. The number of aromatic nitrogens is 2. The van der Waals surface area contributed by atoms with Gasteiger partial charge in [0.25, 0.3) is 0 Å². The summed E-state index contributed by atoms with van der Waals surface area (Å²) < 4.78 is 2.99. The number of hydrogen-bond acceptors (Lipinski definition) is 4. The molecule has 2 heterocycles. The second kappa shape index (κ2) is 5.63. The lowest BCUT2D eigenvalue weighted by Gasteiger charge is -2.32. The van der Waals surface area contributed by atoms with Crippen LogP contribution in [-0.2, 0) is 9.63 Å². The Morgan fingerprint density at radius 1 is 1.42 bits per heavy atom. The van der Waals surface area contributed by atoms with Crippen LogP contribution in [0, 0.1) is 5.41 Å². The SMILES string of the molecule is CC(C)(C)C(=O)ON1CCC(n2nccc2Br)CC1. The molecule has 106 valence electrons. The summed E-state index contributed by atoms with van der Waals surface area (Å²) in [6.07, 6.45) is 3.64. The summed E-state index contributed by atoms with van der Waals surface area (Å²) in [5.41, 5.74) is -0.456. The van der Waals surface area contributed by atoms with Gasteiger partial charge in [0.2, 0.25) is 0 Å². The van der Waals surface area contributed by atoms with Crippen LogP contribution in [-0.4, -0.2) is 33.9 Å². The molecule has 0 N–H and O–H groups in total. The minimum Gasteiger partial charge on any atom is -0.367 e. The minimum atomic E-state index is -0.456. The zero-order chi connectivity index (χ0) is 14.0. The van der Waals surface area contributed by atoms with Crippen molar-refractivity contribution in [3.05, 3.63) is 16.9 Å². The van der Waals surface area contributed by atoms with Crippen molar-refractivity contribution in [3.63, 3.8) is 0 Å². The lowest BCUT2D eigenvalue weighted by atomic mass is 9.98. The summed E-state index contributed by atoms with van der Waals surface area (Å²) in [6, 6.07) is 2.31. The average Bonchev–Trinajstić information content (AvgIpc) is 2.75. The number of piperidine rings is 1. The number of nitrogens with zero attached hydrogens (tertiary/aromatic N) is 3. The highest BCUT2D eigenvalue weighted by molar-refractivity contribution is 9.10. The maximum absolute atomic E-state index is 11.8. The molecule has 0 aliphatic carbocycles. The molecule has 0 unspecified atom stereocenters. The molecule has 0 amide bonds. The molecule has 1 aliphatic rings. The smallest absolute Gasteiger partial charge is 0.330 e. The Balaban J connectivity index is 1.86. The van der Waals surface area contributed by atoms with Crippen molar-refractivity contribution in [2.45, 2.75) is 39.7 Å². The van der Waals surface area contributed by atoms with Gasteiger partial charge in [-0.25, -0.2) is 4.79 Å². The predicted molar refractivity (Wildman–Crippen MR) is 75.3 cm³/mol. The Bertz CT molecular complexity index is 445.